The van der Waals surface area contributed by atoms with Crippen LogP contribution in [0.3, 0.4) is 0 Å². The first-order valence-electron chi connectivity index (χ1n) is 4.80. The van der Waals surface area contributed by atoms with Gasteiger partial charge in [0.05, 0.1) is 0 Å². The summed E-state index contributed by atoms with van der Waals surface area (Å²) in [6.45, 7) is 1.34. The summed E-state index contributed by atoms with van der Waals surface area (Å²) in [6, 6.07) is 0. The molecule has 0 bridgehead atoms. The first-order chi connectivity index (χ1) is 6.22. The summed E-state index contributed by atoms with van der Waals surface area (Å²) in [5.41, 5.74) is 5.55. The van der Waals surface area contributed by atoms with Crippen LogP contribution in [0.25, 0.3) is 0 Å². The summed E-state index contributed by atoms with van der Waals surface area (Å²) < 4.78 is 0. The molecular formula is C9H18N2OS. The fraction of sp³-hybridized carbons (Fsp3) is 0.889. The van der Waals surface area contributed by atoms with Gasteiger partial charge in [-0.05, 0) is 37.0 Å². The van der Waals surface area contributed by atoms with Gasteiger partial charge in [0.15, 0.2) is 0 Å². The van der Waals surface area contributed by atoms with Crippen LogP contribution >= 0.6 is 12.6 Å². The fourth-order valence-corrected chi connectivity index (χ4v) is 1.73. The normalized spacial score (nSPS) is 18.3. The van der Waals surface area contributed by atoms with Gasteiger partial charge in [-0.25, -0.2) is 0 Å². The maximum atomic E-state index is 11.3. The minimum Gasteiger partial charge on any atom is -0.356 e. The molecule has 1 aliphatic carbocycles. The van der Waals surface area contributed by atoms with Crippen LogP contribution in [0.5, 0.6) is 0 Å². The minimum atomic E-state index is 0.153. The summed E-state index contributed by atoms with van der Waals surface area (Å²) >= 11 is 4.25. The predicted molar refractivity (Wildman–Crippen MR) is 56.8 cm³/mol. The second kappa shape index (κ2) is 4.86. The molecular weight excluding hydrogens is 184 g/mol. The van der Waals surface area contributed by atoms with E-state index in [4.69, 9.17) is 5.73 Å². The number of amides is 1. The second-order valence-corrected chi connectivity index (χ2v) is 4.14. The van der Waals surface area contributed by atoms with Gasteiger partial charge in [-0.1, -0.05) is 0 Å². The van der Waals surface area contributed by atoms with Crippen LogP contribution in [0.4, 0.5) is 0 Å². The third kappa shape index (κ3) is 3.56. The first kappa shape index (κ1) is 10.9. The molecule has 0 atom stereocenters. The van der Waals surface area contributed by atoms with E-state index in [-0.39, 0.29) is 11.3 Å². The molecule has 0 saturated heterocycles. The van der Waals surface area contributed by atoms with Crippen LogP contribution in [0.2, 0.25) is 0 Å². The van der Waals surface area contributed by atoms with Crippen LogP contribution < -0.4 is 11.1 Å². The lowest BCUT2D eigenvalue weighted by molar-refractivity contribution is -0.122. The fourth-order valence-electron chi connectivity index (χ4n) is 1.30. The van der Waals surface area contributed by atoms with Crippen LogP contribution in [0.15, 0.2) is 0 Å². The average Bonchev–Trinajstić information content (AvgIpc) is 2.86. The molecule has 76 valence electrons. The third-order valence-corrected chi connectivity index (χ3v) is 3.20. The number of rotatable bonds is 6. The Kier molecular flexibility index (Phi) is 4.06. The summed E-state index contributed by atoms with van der Waals surface area (Å²) in [7, 11) is 0. The van der Waals surface area contributed by atoms with Crippen LogP contribution in [0, 0.1) is 5.41 Å². The highest BCUT2D eigenvalue weighted by molar-refractivity contribution is 7.80. The van der Waals surface area contributed by atoms with Gasteiger partial charge in [0.1, 0.15) is 0 Å². The first-order valence-corrected chi connectivity index (χ1v) is 5.43. The van der Waals surface area contributed by atoms with Crippen molar-refractivity contribution >= 4 is 18.5 Å². The lowest BCUT2D eigenvalue weighted by atomic mass is 10.1. The maximum absolute atomic E-state index is 11.3. The number of hydrogen-bond donors (Lipinski definition) is 3. The molecule has 0 aromatic rings. The second-order valence-electron chi connectivity index (χ2n) is 3.83. The van der Waals surface area contributed by atoms with Gasteiger partial charge in [0.2, 0.25) is 5.91 Å². The molecule has 3 N–H and O–H groups in total. The lowest BCUT2D eigenvalue weighted by Gasteiger charge is -2.11. The number of carbonyl (C=O) groups is 1. The van der Waals surface area contributed by atoms with E-state index in [2.05, 4.69) is 17.9 Å². The van der Waals surface area contributed by atoms with Crippen molar-refractivity contribution in [2.24, 2.45) is 11.1 Å². The van der Waals surface area contributed by atoms with Gasteiger partial charge in [-0.3, -0.25) is 4.79 Å². The zero-order chi connectivity index (χ0) is 9.73. The zero-order valence-corrected chi connectivity index (χ0v) is 8.78. The largest absolute Gasteiger partial charge is 0.356 e. The Hall–Kier alpha value is -0.220. The van der Waals surface area contributed by atoms with E-state index < -0.39 is 0 Å². The smallest absolute Gasteiger partial charge is 0.220 e. The van der Waals surface area contributed by atoms with Gasteiger partial charge in [0.25, 0.3) is 0 Å². The Labute approximate surface area is 84.9 Å². The molecule has 13 heavy (non-hydrogen) atoms. The molecule has 0 aliphatic heterocycles. The summed E-state index contributed by atoms with van der Waals surface area (Å²) in [5.74, 6) is 0.983. The predicted octanol–water partition coefficient (Wildman–Crippen LogP) is 0.551. The SMILES string of the molecule is NCCCNC(=O)CC1(CS)CC1. The molecule has 1 aliphatic rings. The van der Waals surface area contributed by atoms with Crippen LogP contribution in [-0.4, -0.2) is 24.7 Å². The number of carbonyl (C=O) groups excluding carboxylic acids is 1. The molecule has 1 saturated carbocycles. The van der Waals surface area contributed by atoms with Gasteiger partial charge in [-0.15, -0.1) is 0 Å². The standard InChI is InChI=1S/C9H18N2OS/c10-4-1-5-11-8(12)6-9(7-13)2-3-9/h13H,1-7,10H2,(H,11,12). The summed E-state index contributed by atoms with van der Waals surface area (Å²) in [4.78, 5) is 11.3. The van der Waals surface area contributed by atoms with Crippen molar-refractivity contribution < 1.29 is 4.79 Å². The van der Waals surface area contributed by atoms with Crippen molar-refractivity contribution in [3.05, 3.63) is 0 Å². The number of nitrogens with two attached hydrogens (primary N) is 1. The average molecular weight is 202 g/mol. The maximum Gasteiger partial charge on any atom is 0.220 e. The Bertz CT molecular complexity index is 180. The Morgan fingerprint density at radius 1 is 1.54 bits per heavy atom. The quantitative estimate of drug-likeness (QED) is 0.435. The molecule has 0 unspecified atom stereocenters. The molecule has 0 aromatic carbocycles. The highest BCUT2D eigenvalue weighted by Crippen LogP contribution is 2.49. The number of hydrogen-bond acceptors (Lipinski definition) is 3. The van der Waals surface area contributed by atoms with Crippen molar-refractivity contribution in [2.75, 3.05) is 18.8 Å². The number of thiol groups is 1. The van der Waals surface area contributed by atoms with E-state index in [1.807, 2.05) is 0 Å². The monoisotopic (exact) mass is 202 g/mol. The van der Waals surface area contributed by atoms with Crippen molar-refractivity contribution in [2.45, 2.75) is 25.7 Å². The van der Waals surface area contributed by atoms with E-state index in [0.717, 1.165) is 25.0 Å². The molecule has 1 rings (SSSR count). The van der Waals surface area contributed by atoms with Crippen molar-refractivity contribution in [1.29, 1.82) is 0 Å². The lowest BCUT2D eigenvalue weighted by Crippen LogP contribution is -2.28. The van der Waals surface area contributed by atoms with Crippen molar-refractivity contribution in [1.82, 2.24) is 5.32 Å². The third-order valence-electron chi connectivity index (χ3n) is 2.53. The Morgan fingerprint density at radius 3 is 2.69 bits per heavy atom. The topological polar surface area (TPSA) is 55.1 Å². The van der Waals surface area contributed by atoms with Crippen LogP contribution in [-0.2, 0) is 4.79 Å². The van der Waals surface area contributed by atoms with E-state index >= 15 is 0 Å². The zero-order valence-electron chi connectivity index (χ0n) is 7.88. The van der Waals surface area contributed by atoms with Gasteiger partial charge in [-0.2, -0.15) is 12.6 Å². The van der Waals surface area contributed by atoms with E-state index in [1.54, 1.807) is 0 Å². The molecule has 0 spiro atoms. The molecule has 1 amide bonds. The Morgan fingerprint density at radius 2 is 2.23 bits per heavy atom. The van der Waals surface area contributed by atoms with Crippen molar-refractivity contribution in [3.8, 4) is 0 Å². The molecule has 0 radical (unpaired) electrons. The van der Waals surface area contributed by atoms with Crippen molar-refractivity contribution in [3.63, 3.8) is 0 Å². The highest BCUT2D eigenvalue weighted by Gasteiger charge is 2.42. The molecule has 1 fully saturated rings. The molecule has 0 heterocycles. The van der Waals surface area contributed by atoms with Gasteiger partial charge < -0.3 is 11.1 Å². The molecule has 4 heteroatoms. The van der Waals surface area contributed by atoms with Gasteiger partial charge in [0, 0.05) is 13.0 Å². The van der Waals surface area contributed by atoms with E-state index in [1.165, 1.54) is 0 Å². The molecule has 0 aromatic heterocycles. The Balaban J connectivity index is 2.11. The van der Waals surface area contributed by atoms with E-state index in [9.17, 15) is 4.79 Å². The highest BCUT2D eigenvalue weighted by atomic mass is 32.1. The van der Waals surface area contributed by atoms with Crippen LogP contribution in [0.1, 0.15) is 25.7 Å². The van der Waals surface area contributed by atoms with E-state index in [0.29, 0.717) is 19.5 Å². The minimum absolute atomic E-state index is 0.153. The number of nitrogens with one attached hydrogen (secondary N) is 1. The molecule has 3 nitrogen and oxygen atoms in total. The van der Waals surface area contributed by atoms with Gasteiger partial charge >= 0.3 is 0 Å². The summed E-state index contributed by atoms with van der Waals surface area (Å²) in [6.07, 6.45) is 3.81. The summed E-state index contributed by atoms with van der Waals surface area (Å²) in [5, 5.41) is 2.86.